The highest BCUT2D eigenvalue weighted by molar-refractivity contribution is 7.91. The topological polar surface area (TPSA) is 98.8 Å². The van der Waals surface area contributed by atoms with Gasteiger partial charge in [0, 0.05) is 25.1 Å². The van der Waals surface area contributed by atoms with Gasteiger partial charge in [-0.2, -0.15) is 0 Å². The van der Waals surface area contributed by atoms with Gasteiger partial charge in [-0.05, 0) is 81.5 Å². The van der Waals surface area contributed by atoms with Gasteiger partial charge in [0.1, 0.15) is 17.1 Å². The number of ether oxygens (including phenoxy) is 2. The van der Waals surface area contributed by atoms with Crippen LogP contribution in [0.4, 0.5) is 5.69 Å². The number of hydrogen-bond donors (Lipinski definition) is 1. The number of carbonyl (C=O) groups is 2. The number of esters is 1. The molecule has 0 aliphatic carbocycles. The van der Waals surface area contributed by atoms with Crippen LogP contribution in [0.3, 0.4) is 0 Å². The van der Waals surface area contributed by atoms with Crippen molar-refractivity contribution in [2.24, 2.45) is 0 Å². The average molecular weight is 460 g/mol. The number of nitrogens with one attached hydrogen (secondary N) is 1. The van der Waals surface area contributed by atoms with Crippen molar-refractivity contribution in [3.8, 4) is 11.5 Å². The Morgan fingerprint density at radius 3 is 2.25 bits per heavy atom. The lowest BCUT2D eigenvalue weighted by Crippen LogP contribution is -2.43. The van der Waals surface area contributed by atoms with Gasteiger partial charge in [0.25, 0.3) is 0 Å². The molecule has 7 nitrogen and oxygen atoms in total. The molecule has 0 aromatic heterocycles. The van der Waals surface area contributed by atoms with Crippen LogP contribution in [-0.4, -0.2) is 31.6 Å². The highest BCUT2D eigenvalue weighted by Gasteiger charge is 2.39. The molecule has 3 rings (SSSR count). The van der Waals surface area contributed by atoms with Gasteiger partial charge in [-0.1, -0.05) is 0 Å². The predicted molar refractivity (Wildman–Crippen MR) is 122 cm³/mol. The molecular weight excluding hydrogens is 430 g/mol. The van der Waals surface area contributed by atoms with E-state index in [1.54, 1.807) is 12.1 Å². The zero-order chi connectivity index (χ0) is 23.8. The zero-order valence-electron chi connectivity index (χ0n) is 19.3. The number of amides is 1. The lowest BCUT2D eigenvalue weighted by molar-refractivity contribution is -0.132. The average Bonchev–Trinajstić information content (AvgIpc) is 2.68. The summed E-state index contributed by atoms with van der Waals surface area (Å²) in [6.45, 7) is 10.2. The summed E-state index contributed by atoms with van der Waals surface area (Å²) in [5.74, 6) is 0.434. The van der Waals surface area contributed by atoms with E-state index in [2.05, 4.69) is 5.32 Å². The first-order valence-corrected chi connectivity index (χ1v) is 12.1. The summed E-state index contributed by atoms with van der Waals surface area (Å²) in [6.07, 6.45) is 1.12. The standard InChI is InChI=1S/C24H29NO6S/c1-14-15(2)23-21(16(3)22(14)30-18(5)27)11-12-24(6,31-23)13-32(28,29)20-9-7-19(8-10-20)25-17(4)26/h7-10H,11-13H2,1-6H3,(H,25,26). The van der Waals surface area contributed by atoms with E-state index in [1.807, 2.05) is 27.7 Å². The van der Waals surface area contributed by atoms with Gasteiger partial charge in [0.15, 0.2) is 9.84 Å². The molecule has 0 fully saturated rings. The fourth-order valence-electron chi connectivity index (χ4n) is 4.11. The van der Waals surface area contributed by atoms with Crippen LogP contribution >= 0.6 is 0 Å². The third-order valence-electron chi connectivity index (χ3n) is 5.84. The monoisotopic (exact) mass is 459 g/mol. The normalized spacial score (nSPS) is 17.8. The molecular formula is C24H29NO6S. The van der Waals surface area contributed by atoms with Crippen LogP contribution in [0.2, 0.25) is 0 Å². The number of hydrogen-bond acceptors (Lipinski definition) is 6. The fourth-order valence-corrected chi connectivity index (χ4v) is 5.84. The van der Waals surface area contributed by atoms with E-state index >= 15 is 0 Å². The SMILES string of the molecule is CC(=O)Nc1ccc(S(=O)(=O)CC2(C)CCc3c(C)c(OC(C)=O)c(C)c(C)c3O2)cc1. The van der Waals surface area contributed by atoms with E-state index in [9.17, 15) is 18.0 Å². The Labute approximate surface area is 189 Å². The smallest absolute Gasteiger partial charge is 0.308 e. The maximum Gasteiger partial charge on any atom is 0.308 e. The molecule has 2 aromatic rings. The molecule has 1 N–H and O–H groups in total. The van der Waals surface area contributed by atoms with Crippen LogP contribution in [0.1, 0.15) is 49.4 Å². The number of fused-ring (bicyclic) bond motifs is 1. The lowest BCUT2D eigenvalue weighted by Gasteiger charge is -2.38. The quantitative estimate of drug-likeness (QED) is 0.535. The summed E-state index contributed by atoms with van der Waals surface area (Å²) in [5.41, 5.74) is 3.06. The van der Waals surface area contributed by atoms with E-state index < -0.39 is 15.4 Å². The summed E-state index contributed by atoms with van der Waals surface area (Å²) in [6, 6.07) is 6.12. The predicted octanol–water partition coefficient (Wildman–Crippen LogP) is 4.05. The van der Waals surface area contributed by atoms with Crippen molar-refractivity contribution < 1.29 is 27.5 Å². The van der Waals surface area contributed by atoms with Crippen LogP contribution in [0, 0.1) is 20.8 Å². The third-order valence-corrected chi connectivity index (χ3v) is 7.82. The number of rotatable bonds is 5. The fraction of sp³-hybridized carbons (Fsp3) is 0.417. The van der Waals surface area contributed by atoms with E-state index in [4.69, 9.17) is 9.47 Å². The second-order valence-electron chi connectivity index (χ2n) is 8.62. The van der Waals surface area contributed by atoms with Crippen molar-refractivity contribution in [2.75, 3.05) is 11.1 Å². The van der Waals surface area contributed by atoms with E-state index in [0.29, 0.717) is 30.0 Å². The van der Waals surface area contributed by atoms with Crippen LogP contribution in [-0.2, 0) is 25.8 Å². The molecule has 1 heterocycles. The maximum absolute atomic E-state index is 13.1. The summed E-state index contributed by atoms with van der Waals surface area (Å²) in [4.78, 5) is 22.9. The first-order valence-electron chi connectivity index (χ1n) is 10.4. The minimum atomic E-state index is -3.63. The molecule has 1 aliphatic rings. The largest absolute Gasteiger partial charge is 0.486 e. The molecule has 1 atom stereocenters. The molecule has 0 saturated carbocycles. The van der Waals surface area contributed by atoms with Crippen molar-refractivity contribution in [2.45, 2.75) is 64.9 Å². The molecule has 1 amide bonds. The molecule has 0 bridgehead atoms. The van der Waals surface area contributed by atoms with Crippen LogP contribution in [0.5, 0.6) is 11.5 Å². The Balaban J connectivity index is 1.89. The molecule has 1 unspecified atom stereocenters. The first-order chi connectivity index (χ1) is 14.8. The molecule has 0 saturated heterocycles. The Kier molecular flexibility index (Phi) is 6.38. The number of anilines is 1. The second kappa shape index (κ2) is 8.58. The van der Waals surface area contributed by atoms with Gasteiger partial charge in [-0.3, -0.25) is 9.59 Å². The number of sulfone groups is 1. The maximum atomic E-state index is 13.1. The van der Waals surface area contributed by atoms with Crippen molar-refractivity contribution >= 4 is 27.4 Å². The van der Waals surface area contributed by atoms with Gasteiger partial charge in [0.05, 0.1) is 10.6 Å². The van der Waals surface area contributed by atoms with Crippen LogP contribution in [0.15, 0.2) is 29.2 Å². The van der Waals surface area contributed by atoms with Gasteiger partial charge < -0.3 is 14.8 Å². The Morgan fingerprint density at radius 2 is 1.69 bits per heavy atom. The minimum Gasteiger partial charge on any atom is -0.486 e. The Bertz CT molecular complexity index is 1180. The number of carbonyl (C=O) groups excluding carboxylic acids is 2. The van der Waals surface area contributed by atoms with E-state index in [-0.39, 0.29) is 22.5 Å². The van der Waals surface area contributed by atoms with E-state index in [0.717, 1.165) is 22.3 Å². The summed E-state index contributed by atoms with van der Waals surface area (Å²) in [7, 11) is -3.63. The highest BCUT2D eigenvalue weighted by Crippen LogP contribution is 2.44. The van der Waals surface area contributed by atoms with Gasteiger partial charge in [-0.25, -0.2) is 8.42 Å². The van der Waals surface area contributed by atoms with Crippen molar-refractivity contribution in [1.29, 1.82) is 0 Å². The summed E-state index contributed by atoms with van der Waals surface area (Å²) in [5, 5.41) is 2.63. The lowest BCUT2D eigenvalue weighted by atomic mass is 9.88. The molecule has 32 heavy (non-hydrogen) atoms. The molecule has 8 heteroatoms. The Morgan fingerprint density at radius 1 is 1.06 bits per heavy atom. The molecule has 172 valence electrons. The second-order valence-corrected chi connectivity index (χ2v) is 10.6. The first kappa shape index (κ1) is 23.8. The molecule has 0 spiro atoms. The number of benzene rings is 2. The van der Waals surface area contributed by atoms with Gasteiger partial charge in [-0.15, -0.1) is 0 Å². The minimum absolute atomic E-state index is 0.177. The van der Waals surface area contributed by atoms with Crippen molar-refractivity contribution in [1.82, 2.24) is 0 Å². The highest BCUT2D eigenvalue weighted by atomic mass is 32.2. The van der Waals surface area contributed by atoms with Crippen molar-refractivity contribution in [3.05, 3.63) is 46.5 Å². The zero-order valence-corrected chi connectivity index (χ0v) is 20.1. The van der Waals surface area contributed by atoms with Crippen molar-refractivity contribution in [3.63, 3.8) is 0 Å². The molecule has 2 aromatic carbocycles. The third kappa shape index (κ3) is 4.80. The summed E-state index contributed by atoms with van der Waals surface area (Å²) < 4.78 is 38.0. The van der Waals surface area contributed by atoms with Crippen LogP contribution < -0.4 is 14.8 Å². The van der Waals surface area contributed by atoms with Gasteiger partial charge >= 0.3 is 5.97 Å². The van der Waals surface area contributed by atoms with Gasteiger partial charge in [0.2, 0.25) is 5.91 Å². The van der Waals surface area contributed by atoms with E-state index in [1.165, 1.54) is 26.0 Å². The molecule has 1 aliphatic heterocycles. The summed E-state index contributed by atoms with van der Waals surface area (Å²) >= 11 is 0. The van der Waals surface area contributed by atoms with Crippen LogP contribution in [0.25, 0.3) is 0 Å². The Hall–Kier alpha value is -2.87. The molecule has 0 radical (unpaired) electrons.